The summed E-state index contributed by atoms with van der Waals surface area (Å²) in [5, 5.41) is 0.684. The SMILES string of the molecule is Fc1cncc(-c2nc3ccc(Cl)cc3n2C2CC2)c1. The Hall–Kier alpha value is -1.94. The maximum atomic E-state index is 13.4. The van der Waals surface area contributed by atoms with Gasteiger partial charge < -0.3 is 4.57 Å². The summed E-state index contributed by atoms with van der Waals surface area (Å²) in [6, 6.07) is 7.53. The Kier molecular flexibility index (Phi) is 2.54. The minimum absolute atomic E-state index is 0.352. The van der Waals surface area contributed by atoms with Crippen molar-refractivity contribution in [2.45, 2.75) is 18.9 Å². The molecule has 3 nitrogen and oxygen atoms in total. The lowest BCUT2D eigenvalue weighted by Gasteiger charge is -2.07. The number of fused-ring (bicyclic) bond motifs is 1. The zero-order valence-corrected chi connectivity index (χ0v) is 11.3. The van der Waals surface area contributed by atoms with Gasteiger partial charge in [-0.15, -0.1) is 0 Å². The molecule has 0 N–H and O–H groups in total. The fourth-order valence-electron chi connectivity index (χ4n) is 2.51. The highest BCUT2D eigenvalue weighted by molar-refractivity contribution is 6.31. The first-order valence-corrected chi connectivity index (χ1v) is 6.88. The molecule has 0 saturated heterocycles. The van der Waals surface area contributed by atoms with Crippen molar-refractivity contribution in [1.82, 2.24) is 14.5 Å². The quantitative estimate of drug-likeness (QED) is 0.706. The van der Waals surface area contributed by atoms with Gasteiger partial charge in [0, 0.05) is 22.8 Å². The number of halogens is 2. The fourth-order valence-corrected chi connectivity index (χ4v) is 2.67. The summed E-state index contributed by atoms with van der Waals surface area (Å²) in [6.45, 7) is 0. The van der Waals surface area contributed by atoms with E-state index in [0.717, 1.165) is 29.7 Å². The molecular weight excluding hydrogens is 277 g/mol. The van der Waals surface area contributed by atoms with Gasteiger partial charge in [0.25, 0.3) is 0 Å². The Balaban J connectivity index is 2.01. The Morgan fingerprint density at radius 3 is 2.80 bits per heavy atom. The van der Waals surface area contributed by atoms with Gasteiger partial charge in [0.05, 0.1) is 17.2 Å². The lowest BCUT2D eigenvalue weighted by Crippen LogP contribution is -1.98. The maximum absolute atomic E-state index is 13.4. The second kappa shape index (κ2) is 4.28. The maximum Gasteiger partial charge on any atom is 0.143 e. The minimum atomic E-state index is -0.352. The van der Waals surface area contributed by atoms with E-state index in [9.17, 15) is 4.39 Å². The van der Waals surface area contributed by atoms with Crippen LogP contribution < -0.4 is 0 Å². The summed E-state index contributed by atoms with van der Waals surface area (Å²) in [5.41, 5.74) is 2.57. The smallest absolute Gasteiger partial charge is 0.143 e. The molecule has 20 heavy (non-hydrogen) atoms. The van der Waals surface area contributed by atoms with Gasteiger partial charge in [-0.3, -0.25) is 4.98 Å². The molecule has 0 atom stereocenters. The second-order valence-electron chi connectivity index (χ2n) is 5.06. The van der Waals surface area contributed by atoms with Crippen LogP contribution in [0.4, 0.5) is 4.39 Å². The molecule has 1 aliphatic carbocycles. The second-order valence-corrected chi connectivity index (χ2v) is 5.50. The largest absolute Gasteiger partial charge is 0.321 e. The van der Waals surface area contributed by atoms with Crippen LogP contribution in [0.1, 0.15) is 18.9 Å². The van der Waals surface area contributed by atoms with E-state index < -0.39 is 0 Å². The third kappa shape index (κ3) is 1.88. The first-order chi connectivity index (χ1) is 9.72. The molecule has 1 aromatic carbocycles. The topological polar surface area (TPSA) is 30.7 Å². The van der Waals surface area contributed by atoms with E-state index in [0.29, 0.717) is 16.6 Å². The van der Waals surface area contributed by atoms with Gasteiger partial charge in [-0.1, -0.05) is 11.6 Å². The number of imidazole rings is 1. The number of benzene rings is 1. The van der Waals surface area contributed by atoms with Crippen LogP contribution in [-0.2, 0) is 0 Å². The van der Waals surface area contributed by atoms with Crippen LogP contribution in [-0.4, -0.2) is 14.5 Å². The standard InChI is InChI=1S/C15H11ClFN3/c16-10-1-4-13-14(6-10)20(12-2-3-12)15(19-13)9-5-11(17)8-18-7-9/h1,4-8,12H,2-3H2. The summed E-state index contributed by atoms with van der Waals surface area (Å²) in [5.74, 6) is 0.409. The number of hydrogen-bond donors (Lipinski definition) is 0. The van der Waals surface area contributed by atoms with Crippen LogP contribution in [0.3, 0.4) is 0 Å². The molecule has 0 radical (unpaired) electrons. The third-order valence-corrected chi connectivity index (χ3v) is 3.76. The fraction of sp³-hybridized carbons (Fsp3) is 0.200. The van der Waals surface area contributed by atoms with E-state index in [1.54, 1.807) is 6.20 Å². The van der Waals surface area contributed by atoms with Crippen molar-refractivity contribution in [1.29, 1.82) is 0 Å². The molecule has 100 valence electrons. The average molecular weight is 288 g/mol. The normalized spacial score (nSPS) is 14.9. The van der Waals surface area contributed by atoms with Gasteiger partial charge >= 0.3 is 0 Å². The van der Waals surface area contributed by atoms with E-state index >= 15 is 0 Å². The van der Waals surface area contributed by atoms with Crippen molar-refractivity contribution < 1.29 is 4.39 Å². The highest BCUT2D eigenvalue weighted by Crippen LogP contribution is 2.41. The van der Waals surface area contributed by atoms with Crippen LogP contribution >= 0.6 is 11.6 Å². The van der Waals surface area contributed by atoms with Gasteiger partial charge in [-0.25, -0.2) is 9.37 Å². The molecule has 2 heterocycles. The average Bonchev–Trinajstić information content (AvgIpc) is 3.19. The molecule has 0 spiro atoms. The third-order valence-electron chi connectivity index (χ3n) is 3.53. The highest BCUT2D eigenvalue weighted by Gasteiger charge is 2.28. The molecule has 2 aromatic heterocycles. The molecule has 3 aromatic rings. The number of pyridine rings is 1. The first kappa shape index (κ1) is 11.9. The predicted octanol–water partition coefficient (Wildman–Crippen LogP) is 4.23. The molecule has 0 aliphatic heterocycles. The van der Waals surface area contributed by atoms with Crippen LogP contribution in [0, 0.1) is 5.82 Å². The molecule has 4 rings (SSSR count). The van der Waals surface area contributed by atoms with E-state index in [-0.39, 0.29) is 5.82 Å². The molecular formula is C15H11ClFN3. The van der Waals surface area contributed by atoms with Gasteiger partial charge in [-0.05, 0) is 37.1 Å². The minimum Gasteiger partial charge on any atom is -0.321 e. The van der Waals surface area contributed by atoms with E-state index in [4.69, 9.17) is 11.6 Å². The summed E-state index contributed by atoms with van der Waals surface area (Å²) in [7, 11) is 0. The van der Waals surface area contributed by atoms with Crippen molar-refractivity contribution in [3.63, 3.8) is 0 Å². The summed E-state index contributed by atoms with van der Waals surface area (Å²) < 4.78 is 15.6. The van der Waals surface area contributed by atoms with Crippen molar-refractivity contribution in [3.8, 4) is 11.4 Å². The van der Waals surface area contributed by atoms with Crippen LogP contribution in [0.15, 0.2) is 36.7 Å². The van der Waals surface area contributed by atoms with E-state index in [1.807, 2.05) is 18.2 Å². The number of nitrogens with zero attached hydrogens (tertiary/aromatic N) is 3. The molecule has 5 heteroatoms. The zero-order chi connectivity index (χ0) is 13.7. The van der Waals surface area contributed by atoms with Crippen LogP contribution in [0.2, 0.25) is 5.02 Å². The number of hydrogen-bond acceptors (Lipinski definition) is 2. The van der Waals surface area contributed by atoms with Gasteiger partial charge in [-0.2, -0.15) is 0 Å². The van der Waals surface area contributed by atoms with Crippen LogP contribution in [0.25, 0.3) is 22.4 Å². The van der Waals surface area contributed by atoms with Gasteiger partial charge in [0.2, 0.25) is 0 Å². The Bertz CT molecular complexity index is 808. The molecule has 1 aliphatic rings. The monoisotopic (exact) mass is 287 g/mol. The van der Waals surface area contributed by atoms with E-state index in [2.05, 4.69) is 14.5 Å². The lowest BCUT2D eigenvalue weighted by atomic mass is 10.2. The molecule has 0 bridgehead atoms. The summed E-state index contributed by atoms with van der Waals surface area (Å²) in [4.78, 5) is 8.54. The number of rotatable bonds is 2. The van der Waals surface area contributed by atoms with Crippen LogP contribution in [0.5, 0.6) is 0 Å². The first-order valence-electron chi connectivity index (χ1n) is 6.51. The molecule has 0 unspecified atom stereocenters. The molecule has 0 amide bonds. The Morgan fingerprint density at radius 1 is 1.20 bits per heavy atom. The van der Waals surface area contributed by atoms with E-state index in [1.165, 1.54) is 12.3 Å². The zero-order valence-electron chi connectivity index (χ0n) is 10.6. The highest BCUT2D eigenvalue weighted by atomic mass is 35.5. The molecule has 1 saturated carbocycles. The molecule has 1 fully saturated rings. The number of aromatic nitrogens is 3. The van der Waals surface area contributed by atoms with Crippen molar-refractivity contribution in [3.05, 3.63) is 47.5 Å². The Labute approximate surface area is 120 Å². The van der Waals surface area contributed by atoms with Crippen molar-refractivity contribution in [2.24, 2.45) is 0 Å². The van der Waals surface area contributed by atoms with Crippen molar-refractivity contribution in [2.75, 3.05) is 0 Å². The Morgan fingerprint density at radius 2 is 2.05 bits per heavy atom. The predicted molar refractivity (Wildman–Crippen MR) is 76.2 cm³/mol. The summed E-state index contributed by atoms with van der Waals surface area (Å²) in [6.07, 6.45) is 5.08. The van der Waals surface area contributed by atoms with Gasteiger partial charge in [0.15, 0.2) is 0 Å². The summed E-state index contributed by atoms with van der Waals surface area (Å²) >= 11 is 6.08. The van der Waals surface area contributed by atoms with Gasteiger partial charge in [0.1, 0.15) is 11.6 Å². The lowest BCUT2D eigenvalue weighted by molar-refractivity contribution is 0.621. The van der Waals surface area contributed by atoms with Crippen molar-refractivity contribution >= 4 is 22.6 Å².